The molecular weight excluding hydrogens is 170 g/mol. The average molecular weight is 177 g/mol. The van der Waals surface area contributed by atoms with Gasteiger partial charge in [0.05, 0.1) is 4.92 Å². The first-order valence-electron chi connectivity index (χ1n) is 3.60. The number of carbonyl (C=O) groups excluding carboxylic acids is 1. The highest BCUT2D eigenvalue weighted by atomic mass is 16.6. The number of benzene rings is 1. The highest BCUT2D eigenvalue weighted by molar-refractivity contribution is 5.78. The van der Waals surface area contributed by atoms with Crippen LogP contribution < -0.4 is 0 Å². The summed E-state index contributed by atoms with van der Waals surface area (Å²) in [6, 6.07) is 8.66. The zero-order valence-electron chi connectivity index (χ0n) is 6.71. The van der Waals surface area contributed by atoms with Gasteiger partial charge >= 0.3 is 5.70 Å². The van der Waals surface area contributed by atoms with Crippen molar-refractivity contribution < 1.29 is 9.72 Å². The van der Waals surface area contributed by atoms with Crippen LogP contribution in [0.3, 0.4) is 0 Å². The number of carbonyl (C=O) groups is 1. The van der Waals surface area contributed by atoms with Gasteiger partial charge in [-0.25, -0.2) is 0 Å². The predicted molar refractivity (Wildman–Crippen MR) is 47.5 cm³/mol. The molecule has 0 saturated heterocycles. The predicted octanol–water partition coefficient (Wildman–Crippen LogP) is 1.50. The zero-order valence-corrected chi connectivity index (χ0v) is 6.71. The van der Waals surface area contributed by atoms with E-state index in [0.29, 0.717) is 5.56 Å². The largest absolute Gasteiger partial charge is 0.309 e. The Morgan fingerprint density at radius 3 is 2.38 bits per heavy atom. The van der Waals surface area contributed by atoms with Crippen LogP contribution in [0.25, 0.3) is 6.08 Å². The fraction of sp³-hybridized carbons (Fsp3) is 0. The molecule has 0 aliphatic heterocycles. The summed E-state index contributed by atoms with van der Waals surface area (Å²) < 4.78 is 0. The monoisotopic (exact) mass is 177 g/mol. The summed E-state index contributed by atoms with van der Waals surface area (Å²) >= 11 is 0. The SMILES string of the molecule is O=CC(=Cc1ccccc1)[N+](=O)[O-]. The smallest absolute Gasteiger partial charge is 0.291 e. The van der Waals surface area contributed by atoms with E-state index in [9.17, 15) is 14.9 Å². The second-order valence-corrected chi connectivity index (χ2v) is 2.35. The molecule has 0 N–H and O–H groups in total. The minimum Gasteiger partial charge on any atom is -0.291 e. The Bertz CT molecular complexity index is 343. The molecule has 4 heteroatoms. The van der Waals surface area contributed by atoms with E-state index in [2.05, 4.69) is 0 Å². The van der Waals surface area contributed by atoms with E-state index in [0.717, 1.165) is 0 Å². The number of aldehydes is 1. The second kappa shape index (κ2) is 4.15. The number of nitro groups is 1. The molecule has 0 amide bonds. The van der Waals surface area contributed by atoms with E-state index >= 15 is 0 Å². The minimum atomic E-state index is -0.708. The fourth-order valence-corrected chi connectivity index (χ4v) is 0.850. The molecule has 0 aliphatic carbocycles. The Kier molecular flexibility index (Phi) is 2.92. The van der Waals surface area contributed by atoms with Crippen LogP contribution in [-0.4, -0.2) is 11.2 Å². The van der Waals surface area contributed by atoms with Crippen molar-refractivity contribution in [3.8, 4) is 0 Å². The topological polar surface area (TPSA) is 60.2 Å². The molecule has 0 saturated carbocycles. The summed E-state index contributed by atoms with van der Waals surface area (Å²) in [5, 5.41) is 10.2. The molecule has 0 radical (unpaired) electrons. The highest BCUT2D eigenvalue weighted by Crippen LogP contribution is 2.04. The molecule has 0 spiro atoms. The minimum absolute atomic E-state index is 0.229. The number of allylic oxidation sites excluding steroid dienone is 1. The van der Waals surface area contributed by atoms with Gasteiger partial charge in [0.15, 0.2) is 0 Å². The van der Waals surface area contributed by atoms with Crippen molar-refractivity contribution in [2.24, 2.45) is 0 Å². The Balaban J connectivity index is 2.98. The van der Waals surface area contributed by atoms with E-state index in [4.69, 9.17) is 0 Å². The van der Waals surface area contributed by atoms with Gasteiger partial charge in [0.2, 0.25) is 6.29 Å². The van der Waals surface area contributed by atoms with Crippen molar-refractivity contribution >= 4 is 12.4 Å². The summed E-state index contributed by atoms with van der Waals surface area (Å²) in [7, 11) is 0. The number of hydrogen-bond donors (Lipinski definition) is 0. The maximum atomic E-state index is 10.2. The third kappa shape index (κ3) is 2.52. The number of nitrogens with zero attached hydrogens (tertiary/aromatic N) is 1. The van der Waals surface area contributed by atoms with Crippen LogP contribution in [-0.2, 0) is 4.79 Å². The molecule has 13 heavy (non-hydrogen) atoms. The van der Waals surface area contributed by atoms with Gasteiger partial charge in [0.25, 0.3) is 0 Å². The van der Waals surface area contributed by atoms with Crippen LogP contribution in [0.15, 0.2) is 36.0 Å². The number of hydrogen-bond acceptors (Lipinski definition) is 3. The van der Waals surface area contributed by atoms with Crippen LogP contribution >= 0.6 is 0 Å². The molecule has 0 unspecified atom stereocenters. The Hall–Kier alpha value is -1.97. The number of rotatable bonds is 3. The van der Waals surface area contributed by atoms with Crippen molar-refractivity contribution in [3.05, 3.63) is 51.7 Å². The van der Waals surface area contributed by atoms with Gasteiger partial charge in [-0.05, 0) is 5.56 Å². The molecule has 4 nitrogen and oxygen atoms in total. The first-order chi connectivity index (χ1) is 6.24. The molecule has 1 aromatic carbocycles. The van der Waals surface area contributed by atoms with Crippen molar-refractivity contribution in [1.82, 2.24) is 0 Å². The molecule has 0 fully saturated rings. The molecular formula is C9H7NO3. The average Bonchev–Trinajstić information content (AvgIpc) is 2.15. The van der Waals surface area contributed by atoms with Crippen LogP contribution in [0.4, 0.5) is 0 Å². The van der Waals surface area contributed by atoms with Crippen LogP contribution in [0.1, 0.15) is 5.56 Å². The maximum Gasteiger partial charge on any atom is 0.309 e. The van der Waals surface area contributed by atoms with Crippen molar-refractivity contribution in [3.63, 3.8) is 0 Å². The van der Waals surface area contributed by atoms with Crippen molar-refractivity contribution in [2.45, 2.75) is 0 Å². The lowest BCUT2D eigenvalue weighted by molar-refractivity contribution is -0.415. The van der Waals surface area contributed by atoms with Crippen LogP contribution in [0.5, 0.6) is 0 Å². The summed E-state index contributed by atoms with van der Waals surface area (Å²) in [5.41, 5.74) is 0.201. The highest BCUT2D eigenvalue weighted by Gasteiger charge is 2.07. The van der Waals surface area contributed by atoms with Gasteiger partial charge in [-0.1, -0.05) is 30.3 Å². The molecule has 1 rings (SSSR count). The molecule has 66 valence electrons. The molecule has 0 heterocycles. The van der Waals surface area contributed by atoms with Gasteiger partial charge in [-0.15, -0.1) is 0 Å². The van der Waals surface area contributed by atoms with Gasteiger partial charge in [0, 0.05) is 6.08 Å². The third-order valence-electron chi connectivity index (χ3n) is 1.45. The molecule has 0 bridgehead atoms. The van der Waals surface area contributed by atoms with Gasteiger partial charge in [-0.3, -0.25) is 14.9 Å². The maximum absolute atomic E-state index is 10.2. The fourth-order valence-electron chi connectivity index (χ4n) is 0.850. The van der Waals surface area contributed by atoms with E-state index < -0.39 is 10.6 Å². The molecule has 0 atom stereocenters. The van der Waals surface area contributed by atoms with E-state index in [-0.39, 0.29) is 6.29 Å². The van der Waals surface area contributed by atoms with Gasteiger partial charge in [-0.2, -0.15) is 0 Å². The normalized spacial score (nSPS) is 10.9. The first kappa shape index (κ1) is 9.12. The van der Waals surface area contributed by atoms with Crippen LogP contribution in [0.2, 0.25) is 0 Å². The van der Waals surface area contributed by atoms with Crippen molar-refractivity contribution in [2.75, 3.05) is 0 Å². The van der Waals surface area contributed by atoms with Crippen molar-refractivity contribution in [1.29, 1.82) is 0 Å². The lowest BCUT2D eigenvalue weighted by Gasteiger charge is -1.90. The summed E-state index contributed by atoms with van der Waals surface area (Å²) in [5.74, 6) is 0. The lowest BCUT2D eigenvalue weighted by Crippen LogP contribution is -1.98. The van der Waals surface area contributed by atoms with E-state index in [1.807, 2.05) is 0 Å². The molecule has 1 aromatic rings. The lowest BCUT2D eigenvalue weighted by atomic mass is 10.2. The zero-order chi connectivity index (χ0) is 9.68. The Morgan fingerprint density at radius 2 is 1.92 bits per heavy atom. The van der Waals surface area contributed by atoms with Gasteiger partial charge in [0.1, 0.15) is 0 Å². The Labute approximate surface area is 74.7 Å². The Morgan fingerprint density at radius 1 is 1.31 bits per heavy atom. The summed E-state index contributed by atoms with van der Waals surface area (Å²) in [6.07, 6.45) is 1.46. The second-order valence-electron chi connectivity index (χ2n) is 2.35. The van der Waals surface area contributed by atoms with Crippen LogP contribution in [0, 0.1) is 10.1 Å². The van der Waals surface area contributed by atoms with E-state index in [1.54, 1.807) is 30.3 Å². The van der Waals surface area contributed by atoms with Gasteiger partial charge < -0.3 is 0 Å². The summed E-state index contributed by atoms with van der Waals surface area (Å²) in [4.78, 5) is 19.8. The van der Waals surface area contributed by atoms with E-state index in [1.165, 1.54) is 6.08 Å². The molecule has 0 aromatic heterocycles. The summed E-state index contributed by atoms with van der Waals surface area (Å²) in [6.45, 7) is 0. The molecule has 0 aliphatic rings. The quantitative estimate of drug-likeness (QED) is 0.304. The standard InChI is InChI=1S/C9H7NO3/c11-7-9(10(12)13)6-8-4-2-1-3-5-8/h1-7H. The third-order valence-corrected chi connectivity index (χ3v) is 1.45. The first-order valence-corrected chi connectivity index (χ1v) is 3.60.